The number of nitrogens with zero attached hydrogens (tertiary/aromatic N) is 1. The second-order valence-corrected chi connectivity index (χ2v) is 7.25. The summed E-state index contributed by atoms with van der Waals surface area (Å²) < 4.78 is 0. The molecule has 0 radical (unpaired) electrons. The SMILES string of the molecule is Cc1ccc(N2C(=O)C[C@H](NCCc3c[nH]c4ccccc34)C2=O)c(Cl)c1. The largest absolute Gasteiger partial charge is 0.361 e. The fourth-order valence-corrected chi connectivity index (χ4v) is 3.88. The number of hydrogen-bond donors (Lipinski definition) is 2. The maximum Gasteiger partial charge on any atom is 0.251 e. The highest BCUT2D eigenvalue weighted by atomic mass is 35.5. The molecule has 2 N–H and O–H groups in total. The molecule has 0 bridgehead atoms. The Kier molecular flexibility index (Phi) is 4.72. The maximum atomic E-state index is 12.7. The van der Waals surface area contributed by atoms with Crippen molar-refractivity contribution < 1.29 is 9.59 Å². The molecular formula is C21H20ClN3O2. The van der Waals surface area contributed by atoms with E-state index in [1.807, 2.05) is 37.4 Å². The van der Waals surface area contributed by atoms with Crippen molar-refractivity contribution in [3.8, 4) is 0 Å². The van der Waals surface area contributed by atoms with Crippen LogP contribution in [-0.2, 0) is 16.0 Å². The Bertz CT molecular complexity index is 1030. The molecular weight excluding hydrogens is 362 g/mol. The summed E-state index contributed by atoms with van der Waals surface area (Å²) in [5.74, 6) is -0.472. The first-order chi connectivity index (χ1) is 13.0. The van der Waals surface area contributed by atoms with Gasteiger partial charge in [0, 0.05) is 23.6 Å². The van der Waals surface area contributed by atoms with Crippen LogP contribution >= 0.6 is 11.6 Å². The summed E-state index contributed by atoms with van der Waals surface area (Å²) in [6.45, 7) is 2.53. The van der Waals surface area contributed by atoms with Crippen LogP contribution in [0.4, 0.5) is 5.69 Å². The molecule has 1 fully saturated rings. The van der Waals surface area contributed by atoms with Crippen molar-refractivity contribution >= 4 is 40.0 Å². The van der Waals surface area contributed by atoms with E-state index >= 15 is 0 Å². The smallest absolute Gasteiger partial charge is 0.251 e. The number of amides is 2. The number of nitrogens with one attached hydrogen (secondary N) is 2. The number of aryl methyl sites for hydroxylation is 1. The molecule has 1 aliphatic heterocycles. The van der Waals surface area contributed by atoms with E-state index in [-0.39, 0.29) is 18.2 Å². The number of fused-ring (bicyclic) bond motifs is 1. The zero-order valence-electron chi connectivity index (χ0n) is 15.0. The fourth-order valence-electron chi connectivity index (χ4n) is 3.56. The Morgan fingerprint density at radius 3 is 2.85 bits per heavy atom. The van der Waals surface area contributed by atoms with Crippen molar-refractivity contribution in [1.82, 2.24) is 10.3 Å². The second kappa shape index (κ2) is 7.18. The number of hydrogen-bond acceptors (Lipinski definition) is 3. The molecule has 5 nitrogen and oxygen atoms in total. The minimum atomic E-state index is -0.514. The first kappa shape index (κ1) is 17.8. The van der Waals surface area contributed by atoms with Crippen molar-refractivity contribution in [1.29, 1.82) is 0 Å². The highest BCUT2D eigenvalue weighted by molar-refractivity contribution is 6.36. The number of aromatic nitrogens is 1. The third-order valence-electron chi connectivity index (χ3n) is 4.95. The molecule has 4 rings (SSSR count). The third kappa shape index (κ3) is 3.36. The van der Waals surface area contributed by atoms with Crippen molar-refractivity contribution in [3.05, 3.63) is 64.8 Å². The lowest BCUT2D eigenvalue weighted by molar-refractivity contribution is -0.121. The average molecular weight is 382 g/mol. The van der Waals surface area contributed by atoms with Crippen LogP contribution in [0, 0.1) is 6.92 Å². The molecule has 138 valence electrons. The number of rotatable bonds is 5. The molecule has 0 saturated carbocycles. The number of carbonyl (C=O) groups excluding carboxylic acids is 2. The number of anilines is 1. The number of H-pyrrole nitrogens is 1. The van der Waals surface area contributed by atoms with Gasteiger partial charge in [0.05, 0.1) is 23.2 Å². The molecule has 6 heteroatoms. The van der Waals surface area contributed by atoms with Gasteiger partial charge < -0.3 is 10.3 Å². The minimum Gasteiger partial charge on any atom is -0.361 e. The summed E-state index contributed by atoms with van der Waals surface area (Å²) >= 11 is 6.25. The third-order valence-corrected chi connectivity index (χ3v) is 5.25. The standard InChI is InChI=1S/C21H20ClN3O2/c1-13-6-7-19(16(22)10-13)25-20(26)11-18(21(25)27)23-9-8-14-12-24-17-5-3-2-4-15(14)17/h2-7,10,12,18,23-24H,8-9,11H2,1H3/t18-/m0/s1. The molecule has 1 aromatic heterocycles. The van der Waals surface area contributed by atoms with E-state index < -0.39 is 6.04 Å². The van der Waals surface area contributed by atoms with E-state index in [1.54, 1.807) is 12.1 Å². The number of halogens is 1. The van der Waals surface area contributed by atoms with Crippen LogP contribution in [0.3, 0.4) is 0 Å². The van der Waals surface area contributed by atoms with Gasteiger partial charge in [-0.2, -0.15) is 0 Å². The zero-order chi connectivity index (χ0) is 19.0. The van der Waals surface area contributed by atoms with Gasteiger partial charge in [0.25, 0.3) is 5.91 Å². The summed E-state index contributed by atoms with van der Waals surface area (Å²) in [4.78, 5) is 29.6. The molecule has 1 aliphatic rings. The van der Waals surface area contributed by atoms with E-state index in [0.717, 1.165) is 17.5 Å². The molecule has 27 heavy (non-hydrogen) atoms. The maximum absolute atomic E-state index is 12.7. The molecule has 2 heterocycles. The quantitative estimate of drug-likeness (QED) is 0.664. The van der Waals surface area contributed by atoms with Gasteiger partial charge in [-0.05, 0) is 42.7 Å². The highest BCUT2D eigenvalue weighted by Gasteiger charge is 2.39. The Labute approximate surface area is 162 Å². The monoisotopic (exact) mass is 381 g/mol. The first-order valence-corrected chi connectivity index (χ1v) is 9.34. The molecule has 0 spiro atoms. The molecule has 1 saturated heterocycles. The van der Waals surface area contributed by atoms with Gasteiger partial charge in [-0.1, -0.05) is 35.9 Å². The second-order valence-electron chi connectivity index (χ2n) is 6.84. The average Bonchev–Trinajstić information content (AvgIpc) is 3.17. The molecule has 2 amide bonds. The predicted molar refractivity (Wildman–Crippen MR) is 107 cm³/mol. The Morgan fingerprint density at radius 2 is 2.04 bits per heavy atom. The van der Waals surface area contributed by atoms with Gasteiger partial charge in [0.2, 0.25) is 5.91 Å². The van der Waals surface area contributed by atoms with Crippen molar-refractivity contribution in [2.45, 2.75) is 25.8 Å². The summed E-state index contributed by atoms with van der Waals surface area (Å²) in [6, 6.07) is 12.9. The van der Waals surface area contributed by atoms with Gasteiger partial charge in [-0.15, -0.1) is 0 Å². The topological polar surface area (TPSA) is 65.2 Å². The summed E-state index contributed by atoms with van der Waals surface area (Å²) in [5, 5.41) is 4.82. The van der Waals surface area contributed by atoms with Crippen molar-refractivity contribution in [3.63, 3.8) is 0 Å². The van der Waals surface area contributed by atoms with Crippen LogP contribution in [0.25, 0.3) is 10.9 Å². The van der Waals surface area contributed by atoms with Crippen LogP contribution in [0.1, 0.15) is 17.5 Å². The van der Waals surface area contributed by atoms with E-state index in [0.29, 0.717) is 17.3 Å². The van der Waals surface area contributed by atoms with Gasteiger partial charge in [0.15, 0.2) is 0 Å². The minimum absolute atomic E-state index is 0.150. The lowest BCUT2D eigenvalue weighted by atomic mass is 10.1. The summed E-state index contributed by atoms with van der Waals surface area (Å²) in [7, 11) is 0. The number of carbonyl (C=O) groups is 2. The molecule has 0 aliphatic carbocycles. The Morgan fingerprint density at radius 1 is 1.22 bits per heavy atom. The van der Waals surface area contributed by atoms with Gasteiger partial charge in [-0.25, -0.2) is 4.90 Å². The van der Waals surface area contributed by atoms with Crippen molar-refractivity contribution in [2.75, 3.05) is 11.4 Å². The van der Waals surface area contributed by atoms with Crippen LogP contribution in [-0.4, -0.2) is 29.4 Å². The normalized spacial score (nSPS) is 17.3. The van der Waals surface area contributed by atoms with Crippen LogP contribution in [0.5, 0.6) is 0 Å². The van der Waals surface area contributed by atoms with Crippen LogP contribution < -0.4 is 10.2 Å². The zero-order valence-corrected chi connectivity index (χ0v) is 15.7. The summed E-state index contributed by atoms with van der Waals surface area (Å²) in [5.41, 5.74) is 3.72. The molecule has 1 atom stereocenters. The van der Waals surface area contributed by atoms with Crippen LogP contribution in [0.2, 0.25) is 5.02 Å². The van der Waals surface area contributed by atoms with E-state index in [4.69, 9.17) is 11.6 Å². The fraction of sp³-hybridized carbons (Fsp3) is 0.238. The highest BCUT2D eigenvalue weighted by Crippen LogP contribution is 2.31. The van der Waals surface area contributed by atoms with E-state index in [1.165, 1.54) is 15.8 Å². The van der Waals surface area contributed by atoms with Crippen LogP contribution in [0.15, 0.2) is 48.7 Å². The van der Waals surface area contributed by atoms with Gasteiger partial charge in [0.1, 0.15) is 0 Å². The number of aromatic amines is 1. The van der Waals surface area contributed by atoms with E-state index in [2.05, 4.69) is 16.4 Å². The Balaban J connectivity index is 1.43. The lowest BCUT2D eigenvalue weighted by Crippen LogP contribution is -2.39. The number of para-hydroxylation sites is 1. The van der Waals surface area contributed by atoms with Gasteiger partial charge >= 0.3 is 0 Å². The number of imide groups is 1. The molecule has 2 aromatic carbocycles. The summed E-state index contributed by atoms with van der Waals surface area (Å²) in [6.07, 6.45) is 2.91. The predicted octanol–water partition coefficient (Wildman–Crippen LogP) is 3.59. The van der Waals surface area contributed by atoms with Gasteiger partial charge in [-0.3, -0.25) is 9.59 Å². The lowest BCUT2D eigenvalue weighted by Gasteiger charge is -2.17. The Hall–Kier alpha value is -2.63. The molecule has 0 unspecified atom stereocenters. The van der Waals surface area contributed by atoms with Crippen molar-refractivity contribution in [2.24, 2.45) is 0 Å². The molecule has 3 aromatic rings. The van der Waals surface area contributed by atoms with E-state index in [9.17, 15) is 9.59 Å². The number of benzene rings is 2. The first-order valence-electron chi connectivity index (χ1n) is 8.96.